The van der Waals surface area contributed by atoms with Crippen molar-refractivity contribution in [1.29, 1.82) is 0 Å². The fourth-order valence-corrected chi connectivity index (χ4v) is 3.54. The third-order valence-corrected chi connectivity index (χ3v) is 4.82. The summed E-state index contributed by atoms with van der Waals surface area (Å²) in [7, 11) is 1.80. The van der Waals surface area contributed by atoms with Crippen LogP contribution < -0.4 is 10.6 Å². The van der Waals surface area contributed by atoms with E-state index >= 15 is 0 Å². The Hall–Kier alpha value is -0.900. The number of nitrogens with zero attached hydrogens (tertiary/aromatic N) is 2. The first kappa shape index (κ1) is 27.1. The summed E-state index contributed by atoms with van der Waals surface area (Å²) >= 11 is 0. The van der Waals surface area contributed by atoms with E-state index in [-0.39, 0.29) is 24.0 Å². The molecule has 0 saturated carbocycles. The van der Waals surface area contributed by atoms with Gasteiger partial charge in [-0.05, 0) is 37.3 Å². The lowest BCUT2D eigenvalue weighted by atomic mass is 10.1. The highest BCUT2D eigenvalue weighted by atomic mass is 127. The number of hydrogen-bond donors (Lipinski definition) is 2. The van der Waals surface area contributed by atoms with E-state index in [4.69, 9.17) is 9.47 Å². The van der Waals surface area contributed by atoms with Crippen molar-refractivity contribution in [2.75, 3.05) is 39.9 Å². The molecule has 0 aromatic heterocycles. The van der Waals surface area contributed by atoms with E-state index in [0.29, 0.717) is 18.1 Å². The standard InChI is InChI=1S/C23H40N4O2.HI/c1-18(2)17-28-12-6-11-25-23(24-5)26-13-21-7-9-22(10-8-21)16-27-14-19(3)29-20(4)15-27;/h7-10,18-20H,6,11-17H2,1-5H3,(H2,24,25,26);1H. The van der Waals surface area contributed by atoms with Gasteiger partial charge in [0.2, 0.25) is 0 Å². The Morgan fingerprint density at radius 1 is 1.13 bits per heavy atom. The summed E-state index contributed by atoms with van der Waals surface area (Å²) in [5.41, 5.74) is 2.60. The molecule has 2 N–H and O–H groups in total. The molecule has 2 rings (SSSR count). The molecule has 172 valence electrons. The van der Waals surface area contributed by atoms with Gasteiger partial charge in [0, 0.05) is 53.0 Å². The minimum absolute atomic E-state index is 0. The Bertz CT molecular complexity index is 600. The Balaban J connectivity index is 0.00000450. The summed E-state index contributed by atoms with van der Waals surface area (Å²) in [5, 5.41) is 6.72. The Morgan fingerprint density at radius 3 is 2.37 bits per heavy atom. The van der Waals surface area contributed by atoms with Crippen LogP contribution in [0.3, 0.4) is 0 Å². The van der Waals surface area contributed by atoms with E-state index in [1.165, 1.54) is 11.1 Å². The van der Waals surface area contributed by atoms with Gasteiger partial charge in [0.05, 0.1) is 12.2 Å². The first-order valence-electron chi connectivity index (χ1n) is 10.9. The predicted molar refractivity (Wildman–Crippen MR) is 136 cm³/mol. The third-order valence-electron chi connectivity index (χ3n) is 4.82. The number of guanidine groups is 1. The fraction of sp³-hybridized carbons (Fsp3) is 0.696. The van der Waals surface area contributed by atoms with Crippen LogP contribution in [0.1, 0.15) is 45.2 Å². The summed E-state index contributed by atoms with van der Waals surface area (Å²) in [5.74, 6) is 1.42. The van der Waals surface area contributed by atoms with Crippen molar-refractivity contribution >= 4 is 29.9 Å². The number of aliphatic imine (C=N–C) groups is 1. The van der Waals surface area contributed by atoms with E-state index in [1.807, 2.05) is 0 Å². The smallest absolute Gasteiger partial charge is 0.191 e. The van der Waals surface area contributed by atoms with Crippen LogP contribution in [0.25, 0.3) is 0 Å². The molecular formula is C23H41IN4O2. The highest BCUT2D eigenvalue weighted by molar-refractivity contribution is 14.0. The first-order chi connectivity index (χ1) is 14.0. The Kier molecular flexibility index (Phi) is 13.6. The van der Waals surface area contributed by atoms with Crippen LogP contribution in [0.15, 0.2) is 29.3 Å². The van der Waals surface area contributed by atoms with Gasteiger partial charge in [-0.3, -0.25) is 9.89 Å². The van der Waals surface area contributed by atoms with Gasteiger partial charge in [-0.1, -0.05) is 38.1 Å². The molecule has 1 aromatic carbocycles. The molecule has 30 heavy (non-hydrogen) atoms. The van der Waals surface area contributed by atoms with Gasteiger partial charge in [0.1, 0.15) is 0 Å². The topological polar surface area (TPSA) is 58.1 Å². The molecule has 1 aliphatic rings. The van der Waals surface area contributed by atoms with Gasteiger partial charge in [-0.15, -0.1) is 24.0 Å². The molecule has 6 nitrogen and oxygen atoms in total. The summed E-state index contributed by atoms with van der Waals surface area (Å²) in [6.45, 7) is 14.8. The van der Waals surface area contributed by atoms with Gasteiger partial charge < -0.3 is 20.1 Å². The van der Waals surface area contributed by atoms with Gasteiger partial charge >= 0.3 is 0 Å². The molecule has 0 radical (unpaired) electrons. The second-order valence-corrected chi connectivity index (χ2v) is 8.44. The second kappa shape index (κ2) is 15.0. The molecule has 0 spiro atoms. The van der Waals surface area contributed by atoms with Crippen molar-refractivity contribution in [3.05, 3.63) is 35.4 Å². The van der Waals surface area contributed by atoms with E-state index < -0.39 is 0 Å². The van der Waals surface area contributed by atoms with Crippen molar-refractivity contribution in [2.24, 2.45) is 10.9 Å². The highest BCUT2D eigenvalue weighted by Gasteiger charge is 2.21. The monoisotopic (exact) mass is 532 g/mol. The molecule has 1 heterocycles. The van der Waals surface area contributed by atoms with Gasteiger partial charge in [-0.25, -0.2) is 0 Å². The van der Waals surface area contributed by atoms with E-state index in [0.717, 1.165) is 58.3 Å². The number of morpholine rings is 1. The fourth-order valence-electron chi connectivity index (χ4n) is 3.54. The molecule has 0 amide bonds. The van der Waals surface area contributed by atoms with Crippen LogP contribution >= 0.6 is 24.0 Å². The predicted octanol–water partition coefficient (Wildman–Crippen LogP) is 3.64. The summed E-state index contributed by atoms with van der Waals surface area (Å²) < 4.78 is 11.4. The van der Waals surface area contributed by atoms with Crippen LogP contribution in [0.5, 0.6) is 0 Å². The lowest BCUT2D eigenvalue weighted by Crippen LogP contribution is -2.44. The maximum Gasteiger partial charge on any atom is 0.191 e. The highest BCUT2D eigenvalue weighted by Crippen LogP contribution is 2.14. The maximum absolute atomic E-state index is 5.82. The number of halogens is 1. The van der Waals surface area contributed by atoms with Crippen LogP contribution in [-0.4, -0.2) is 63.0 Å². The summed E-state index contributed by atoms with van der Waals surface area (Å²) in [6, 6.07) is 8.85. The molecule has 0 aliphatic carbocycles. The number of rotatable bonds is 10. The third kappa shape index (κ3) is 10.9. The SMILES string of the molecule is CN=C(NCCCOCC(C)C)NCc1ccc(CN2CC(C)OC(C)C2)cc1.I. The zero-order chi connectivity index (χ0) is 21.1. The minimum Gasteiger partial charge on any atom is -0.381 e. The quantitative estimate of drug-likeness (QED) is 0.209. The van der Waals surface area contributed by atoms with Gasteiger partial charge in [0.15, 0.2) is 5.96 Å². The molecule has 1 fully saturated rings. The summed E-state index contributed by atoms with van der Waals surface area (Å²) in [6.07, 6.45) is 1.59. The van der Waals surface area contributed by atoms with E-state index in [2.05, 4.69) is 72.5 Å². The molecule has 1 saturated heterocycles. The van der Waals surface area contributed by atoms with Crippen LogP contribution in [0, 0.1) is 5.92 Å². The first-order valence-corrected chi connectivity index (χ1v) is 10.9. The van der Waals surface area contributed by atoms with Crippen molar-refractivity contribution in [2.45, 2.75) is 59.4 Å². The molecule has 1 aromatic rings. The Labute approximate surface area is 200 Å². The molecule has 2 atom stereocenters. The molecular weight excluding hydrogens is 491 g/mol. The lowest BCUT2D eigenvalue weighted by molar-refractivity contribution is -0.0704. The number of benzene rings is 1. The second-order valence-electron chi connectivity index (χ2n) is 8.44. The molecule has 1 aliphatic heterocycles. The molecule has 2 unspecified atom stereocenters. The minimum atomic E-state index is 0. The van der Waals surface area contributed by atoms with Crippen LogP contribution in [0.4, 0.5) is 0 Å². The average molecular weight is 533 g/mol. The lowest BCUT2D eigenvalue weighted by Gasteiger charge is -2.35. The van der Waals surface area contributed by atoms with Crippen LogP contribution in [-0.2, 0) is 22.6 Å². The largest absolute Gasteiger partial charge is 0.381 e. The van der Waals surface area contributed by atoms with Crippen molar-refractivity contribution < 1.29 is 9.47 Å². The number of ether oxygens (including phenoxy) is 2. The van der Waals surface area contributed by atoms with E-state index in [9.17, 15) is 0 Å². The van der Waals surface area contributed by atoms with Crippen molar-refractivity contribution in [3.63, 3.8) is 0 Å². The zero-order valence-corrected chi connectivity index (χ0v) is 21.6. The Morgan fingerprint density at radius 2 is 1.77 bits per heavy atom. The normalized spacial score (nSPS) is 20.1. The summed E-state index contributed by atoms with van der Waals surface area (Å²) in [4.78, 5) is 6.77. The molecule has 7 heteroatoms. The van der Waals surface area contributed by atoms with Crippen LogP contribution in [0.2, 0.25) is 0 Å². The van der Waals surface area contributed by atoms with Gasteiger partial charge in [-0.2, -0.15) is 0 Å². The van der Waals surface area contributed by atoms with E-state index in [1.54, 1.807) is 7.05 Å². The van der Waals surface area contributed by atoms with Crippen molar-refractivity contribution in [1.82, 2.24) is 15.5 Å². The number of hydrogen-bond acceptors (Lipinski definition) is 4. The maximum atomic E-state index is 5.82. The van der Waals surface area contributed by atoms with Gasteiger partial charge in [0.25, 0.3) is 0 Å². The number of nitrogens with one attached hydrogen (secondary N) is 2. The molecule has 0 bridgehead atoms. The van der Waals surface area contributed by atoms with Crippen molar-refractivity contribution in [3.8, 4) is 0 Å². The average Bonchev–Trinajstić information content (AvgIpc) is 2.67. The zero-order valence-electron chi connectivity index (χ0n) is 19.3.